The molecule has 33 heavy (non-hydrogen) atoms. The van der Waals surface area contributed by atoms with Gasteiger partial charge >= 0.3 is 0 Å². The number of rotatable bonds is 6. The van der Waals surface area contributed by atoms with Crippen LogP contribution in [0, 0.1) is 23.1 Å². The van der Waals surface area contributed by atoms with Gasteiger partial charge in [0.25, 0.3) is 0 Å². The summed E-state index contributed by atoms with van der Waals surface area (Å²) in [5.74, 6) is 0.567. The fourth-order valence-electron chi connectivity index (χ4n) is 7.06. The highest BCUT2D eigenvalue weighted by Crippen LogP contribution is 2.65. The predicted octanol–water partition coefficient (Wildman–Crippen LogP) is 3.98. The second-order valence-electron chi connectivity index (χ2n) is 10.0. The number of hydrogen-bond donors (Lipinski definition) is 3. The lowest BCUT2D eigenvalue weighted by Gasteiger charge is -2.52. The van der Waals surface area contributed by atoms with Crippen molar-refractivity contribution in [3.8, 4) is 0 Å². The summed E-state index contributed by atoms with van der Waals surface area (Å²) in [6.07, 6.45) is 10.6. The fraction of sp³-hybridized carbons (Fsp3) is 0.481. The Hall–Kier alpha value is -2.57. The molecule has 1 fully saturated rings. The van der Waals surface area contributed by atoms with E-state index in [-0.39, 0.29) is 17.8 Å². The molecule has 1 heterocycles. The van der Waals surface area contributed by atoms with Gasteiger partial charge < -0.3 is 15.9 Å². The maximum Gasteiger partial charge on any atom is 0.248 e. The Kier molecular flexibility index (Phi) is 5.83. The molecular weight excluding hydrogens is 419 g/mol. The predicted molar refractivity (Wildman–Crippen MR) is 124 cm³/mol. The minimum atomic E-state index is -0.746. The number of primary amides is 1. The van der Waals surface area contributed by atoms with Crippen LogP contribution in [-0.4, -0.2) is 33.8 Å². The van der Waals surface area contributed by atoms with Gasteiger partial charge in [-0.15, -0.1) is 0 Å². The van der Waals surface area contributed by atoms with E-state index in [0.29, 0.717) is 29.7 Å². The van der Waals surface area contributed by atoms with Crippen LogP contribution in [0.2, 0.25) is 0 Å². The number of benzene rings is 1. The van der Waals surface area contributed by atoms with Crippen LogP contribution in [-0.2, 0) is 6.42 Å². The first-order chi connectivity index (χ1) is 15.9. The number of amides is 1. The van der Waals surface area contributed by atoms with Crippen LogP contribution >= 0.6 is 0 Å². The van der Waals surface area contributed by atoms with Gasteiger partial charge in [0.15, 0.2) is 0 Å². The molecule has 5 rings (SSSR count). The van der Waals surface area contributed by atoms with Crippen LogP contribution in [0.25, 0.3) is 5.57 Å². The standard InChI is InChI=1S/C27H31FN2O3/c28-19-12-18(13-30-14-19)24-5-6-25-23-4-1-16-11-17(26(29)33)2-3-21(16)22(23)8-10-27(24,25)9-7-20(32)15-31/h2-3,5,11-14,20,22-23,25,31-32H,1,4,6-10,15H2,(H2,29,33)/t20-,22-,23-,25+,27-/m1/s1. The number of aryl methyl sites for hydroxylation is 1. The summed E-state index contributed by atoms with van der Waals surface area (Å²) in [4.78, 5) is 15.8. The summed E-state index contributed by atoms with van der Waals surface area (Å²) in [7, 11) is 0. The van der Waals surface area contributed by atoms with Gasteiger partial charge in [0.1, 0.15) is 5.82 Å². The highest BCUT2D eigenvalue weighted by atomic mass is 19.1. The molecule has 5 atom stereocenters. The highest BCUT2D eigenvalue weighted by molar-refractivity contribution is 5.93. The molecule has 1 aromatic carbocycles. The van der Waals surface area contributed by atoms with Crippen molar-refractivity contribution in [1.82, 2.24) is 4.98 Å². The molecule has 0 radical (unpaired) electrons. The lowest BCUT2D eigenvalue weighted by molar-refractivity contribution is 0.0372. The van der Waals surface area contributed by atoms with Gasteiger partial charge in [0.05, 0.1) is 18.9 Å². The van der Waals surface area contributed by atoms with Crippen LogP contribution in [0.5, 0.6) is 0 Å². The van der Waals surface area contributed by atoms with Crippen LogP contribution in [0.15, 0.2) is 42.7 Å². The average Bonchev–Trinajstić information content (AvgIpc) is 3.21. The number of halogens is 1. The van der Waals surface area contributed by atoms with Crippen molar-refractivity contribution in [3.63, 3.8) is 0 Å². The first-order valence-electron chi connectivity index (χ1n) is 12.0. The third-order valence-corrected chi connectivity index (χ3v) is 8.48. The van der Waals surface area contributed by atoms with Gasteiger partial charge in [-0.25, -0.2) is 4.39 Å². The summed E-state index contributed by atoms with van der Waals surface area (Å²) in [5.41, 5.74) is 10.5. The summed E-state index contributed by atoms with van der Waals surface area (Å²) in [6, 6.07) is 7.47. The lowest BCUT2D eigenvalue weighted by Crippen LogP contribution is -2.43. The van der Waals surface area contributed by atoms with E-state index in [9.17, 15) is 19.4 Å². The number of nitrogens with zero attached hydrogens (tertiary/aromatic N) is 1. The lowest BCUT2D eigenvalue weighted by atomic mass is 9.52. The number of aliphatic hydroxyl groups excluding tert-OH is 2. The zero-order chi connectivity index (χ0) is 23.2. The number of allylic oxidation sites excluding steroid dienone is 2. The molecule has 1 saturated carbocycles. The van der Waals surface area contributed by atoms with Gasteiger partial charge in [-0.3, -0.25) is 9.78 Å². The maximum atomic E-state index is 14.1. The molecule has 1 aromatic heterocycles. The van der Waals surface area contributed by atoms with Gasteiger partial charge in [-0.2, -0.15) is 0 Å². The number of fused-ring (bicyclic) bond motifs is 5. The van der Waals surface area contributed by atoms with Gasteiger partial charge in [-0.05, 0) is 109 Å². The largest absolute Gasteiger partial charge is 0.394 e. The zero-order valence-electron chi connectivity index (χ0n) is 18.7. The third-order valence-electron chi connectivity index (χ3n) is 8.48. The molecule has 2 aromatic rings. The Morgan fingerprint density at radius 1 is 1.27 bits per heavy atom. The molecule has 5 nitrogen and oxygen atoms in total. The van der Waals surface area contributed by atoms with E-state index in [1.807, 2.05) is 12.1 Å². The fourth-order valence-corrected chi connectivity index (χ4v) is 7.06. The zero-order valence-corrected chi connectivity index (χ0v) is 18.7. The van der Waals surface area contributed by atoms with Crippen molar-refractivity contribution in [3.05, 3.63) is 70.8 Å². The van der Waals surface area contributed by atoms with Gasteiger partial charge in [0, 0.05) is 11.8 Å². The molecule has 0 spiro atoms. The second-order valence-corrected chi connectivity index (χ2v) is 10.0. The SMILES string of the molecule is NC(=O)c1ccc2c(c1)CC[C@@H]1[C@@H]2CC[C@]2(CC[C@@H](O)CO)C(c3cncc(F)c3)=CC[C@@H]12. The van der Waals surface area contributed by atoms with Crippen molar-refractivity contribution in [2.45, 2.75) is 57.0 Å². The maximum absolute atomic E-state index is 14.1. The number of aliphatic hydroxyl groups is 2. The number of carbonyl (C=O) groups is 1. The Bertz CT molecular complexity index is 1100. The molecule has 0 unspecified atom stereocenters. The van der Waals surface area contributed by atoms with Crippen LogP contribution in [0.3, 0.4) is 0 Å². The first kappa shape index (κ1) is 22.2. The monoisotopic (exact) mass is 450 g/mol. The van der Waals surface area contributed by atoms with E-state index in [1.165, 1.54) is 17.3 Å². The Labute approximate surface area is 193 Å². The number of aromatic nitrogens is 1. The van der Waals surface area contributed by atoms with E-state index in [4.69, 9.17) is 5.73 Å². The van der Waals surface area contributed by atoms with Crippen molar-refractivity contribution in [1.29, 1.82) is 0 Å². The van der Waals surface area contributed by atoms with E-state index in [2.05, 4.69) is 17.1 Å². The number of carbonyl (C=O) groups excluding carboxylic acids is 1. The Balaban J connectivity index is 1.50. The minimum Gasteiger partial charge on any atom is -0.394 e. The average molecular weight is 451 g/mol. The molecule has 0 aliphatic heterocycles. The number of pyridine rings is 1. The van der Waals surface area contributed by atoms with Gasteiger partial charge in [0.2, 0.25) is 5.91 Å². The smallest absolute Gasteiger partial charge is 0.248 e. The van der Waals surface area contributed by atoms with E-state index in [0.717, 1.165) is 49.7 Å². The minimum absolute atomic E-state index is 0.155. The van der Waals surface area contributed by atoms with Crippen LogP contribution in [0.1, 0.15) is 71.5 Å². The molecule has 0 bridgehead atoms. The molecule has 1 amide bonds. The molecule has 6 heteroatoms. The summed E-state index contributed by atoms with van der Waals surface area (Å²) in [5, 5.41) is 19.6. The topological polar surface area (TPSA) is 96.4 Å². The summed E-state index contributed by atoms with van der Waals surface area (Å²) < 4.78 is 14.1. The summed E-state index contributed by atoms with van der Waals surface area (Å²) >= 11 is 0. The molecule has 3 aliphatic carbocycles. The third kappa shape index (κ3) is 3.79. The van der Waals surface area contributed by atoms with Crippen molar-refractivity contribution in [2.24, 2.45) is 23.0 Å². The molecule has 3 aliphatic rings. The molecule has 0 saturated heterocycles. The van der Waals surface area contributed by atoms with E-state index in [1.54, 1.807) is 12.3 Å². The quantitative estimate of drug-likeness (QED) is 0.620. The number of nitrogens with two attached hydrogens (primary N) is 1. The van der Waals surface area contributed by atoms with E-state index >= 15 is 0 Å². The Morgan fingerprint density at radius 2 is 2.12 bits per heavy atom. The second kappa shape index (κ2) is 8.65. The van der Waals surface area contributed by atoms with Crippen LogP contribution < -0.4 is 5.73 Å². The summed E-state index contributed by atoms with van der Waals surface area (Å²) in [6.45, 7) is -0.247. The highest BCUT2D eigenvalue weighted by Gasteiger charge is 2.54. The molecule has 174 valence electrons. The van der Waals surface area contributed by atoms with Gasteiger partial charge in [-0.1, -0.05) is 12.1 Å². The molecule has 4 N–H and O–H groups in total. The van der Waals surface area contributed by atoms with Crippen LogP contribution in [0.4, 0.5) is 4.39 Å². The number of hydrogen-bond acceptors (Lipinski definition) is 4. The van der Waals surface area contributed by atoms with Crippen molar-refractivity contribution >= 4 is 11.5 Å². The molecular formula is C27H31FN2O3. The first-order valence-corrected chi connectivity index (χ1v) is 12.0. The van der Waals surface area contributed by atoms with Crippen molar-refractivity contribution < 1.29 is 19.4 Å². The Morgan fingerprint density at radius 3 is 2.88 bits per heavy atom. The van der Waals surface area contributed by atoms with Crippen molar-refractivity contribution in [2.75, 3.05) is 6.61 Å². The van der Waals surface area contributed by atoms with E-state index < -0.39 is 12.0 Å². The normalized spacial score (nSPS) is 28.9.